The summed E-state index contributed by atoms with van der Waals surface area (Å²) in [5, 5.41) is 0.737. The van der Waals surface area contributed by atoms with Crippen molar-refractivity contribution < 1.29 is 0 Å². The third-order valence-corrected chi connectivity index (χ3v) is 4.99. The van der Waals surface area contributed by atoms with Crippen molar-refractivity contribution in [3.63, 3.8) is 0 Å². The molecule has 110 valence electrons. The summed E-state index contributed by atoms with van der Waals surface area (Å²) in [5.41, 5.74) is 10.0. The molecule has 2 N–H and O–H groups in total. The molecule has 0 bridgehead atoms. The first kappa shape index (κ1) is 14.9. The quantitative estimate of drug-likeness (QED) is 0.864. The normalized spacial score (nSPS) is 15.7. The molecule has 1 unspecified atom stereocenters. The minimum absolute atomic E-state index is 0.165. The zero-order valence-corrected chi connectivity index (χ0v) is 14.1. The van der Waals surface area contributed by atoms with Gasteiger partial charge in [0.2, 0.25) is 0 Å². The van der Waals surface area contributed by atoms with Gasteiger partial charge < -0.3 is 10.6 Å². The highest BCUT2D eigenvalue weighted by molar-refractivity contribution is 9.10. The Kier molecular flexibility index (Phi) is 4.53. The highest BCUT2D eigenvalue weighted by Crippen LogP contribution is 2.36. The molecular weight excluding hydrogens is 348 g/mol. The lowest BCUT2D eigenvalue weighted by Crippen LogP contribution is -2.37. The predicted molar refractivity (Wildman–Crippen MR) is 93.1 cm³/mol. The molecule has 2 aromatic carbocycles. The molecule has 0 amide bonds. The fourth-order valence-corrected chi connectivity index (χ4v) is 4.03. The van der Waals surface area contributed by atoms with E-state index in [-0.39, 0.29) is 6.04 Å². The molecule has 4 heteroatoms. The molecule has 0 radical (unpaired) electrons. The molecule has 1 atom stereocenters. The molecule has 0 fully saturated rings. The van der Waals surface area contributed by atoms with Crippen molar-refractivity contribution in [2.45, 2.75) is 18.9 Å². The standard InChI is InChI=1S/C17H18BrClN2/c18-15-10-13(19)7-8-14(15)17(11-20)21-9-3-5-12-4-1-2-6-16(12)21/h1-2,4,6-8,10,17H,3,5,9,11,20H2. The topological polar surface area (TPSA) is 29.3 Å². The van der Waals surface area contributed by atoms with Gasteiger partial charge in [-0.15, -0.1) is 0 Å². The van der Waals surface area contributed by atoms with Gasteiger partial charge in [-0.25, -0.2) is 0 Å². The van der Waals surface area contributed by atoms with Crippen LogP contribution in [0.2, 0.25) is 5.02 Å². The first-order valence-electron chi connectivity index (χ1n) is 7.20. The predicted octanol–water partition coefficient (Wildman–Crippen LogP) is 4.56. The van der Waals surface area contributed by atoms with E-state index in [4.69, 9.17) is 17.3 Å². The molecule has 0 spiro atoms. The van der Waals surface area contributed by atoms with Crippen LogP contribution < -0.4 is 10.6 Å². The number of hydrogen-bond donors (Lipinski definition) is 1. The lowest BCUT2D eigenvalue weighted by atomic mass is 9.97. The van der Waals surface area contributed by atoms with Gasteiger partial charge in [0.1, 0.15) is 0 Å². The Morgan fingerprint density at radius 2 is 2.05 bits per heavy atom. The van der Waals surface area contributed by atoms with Crippen molar-refractivity contribution in [1.82, 2.24) is 0 Å². The fourth-order valence-electron chi connectivity index (χ4n) is 3.08. The maximum atomic E-state index is 6.10. The Hall–Kier alpha value is -1.03. The van der Waals surface area contributed by atoms with Gasteiger partial charge in [0.25, 0.3) is 0 Å². The number of hydrogen-bond acceptors (Lipinski definition) is 2. The van der Waals surface area contributed by atoms with Gasteiger partial charge in [-0.05, 0) is 42.2 Å². The molecule has 2 nitrogen and oxygen atoms in total. The van der Waals surface area contributed by atoms with Crippen LogP contribution in [0, 0.1) is 0 Å². The number of nitrogens with two attached hydrogens (primary N) is 1. The molecule has 0 saturated carbocycles. The zero-order valence-electron chi connectivity index (χ0n) is 11.7. The lowest BCUT2D eigenvalue weighted by molar-refractivity contribution is 0.586. The second-order valence-electron chi connectivity index (χ2n) is 5.34. The van der Waals surface area contributed by atoms with Crippen LogP contribution in [0.25, 0.3) is 0 Å². The van der Waals surface area contributed by atoms with Crippen LogP contribution in [0.1, 0.15) is 23.6 Å². The summed E-state index contributed by atoms with van der Waals surface area (Å²) in [6.45, 7) is 1.61. The Morgan fingerprint density at radius 1 is 1.24 bits per heavy atom. The molecule has 0 aliphatic carbocycles. The molecular formula is C17H18BrClN2. The molecule has 1 heterocycles. The van der Waals surface area contributed by atoms with Crippen LogP contribution in [0.15, 0.2) is 46.9 Å². The smallest absolute Gasteiger partial charge is 0.0675 e. The van der Waals surface area contributed by atoms with E-state index in [1.807, 2.05) is 12.1 Å². The average molecular weight is 366 g/mol. The van der Waals surface area contributed by atoms with Crippen LogP contribution in [-0.2, 0) is 6.42 Å². The van der Waals surface area contributed by atoms with Crippen LogP contribution in [0.4, 0.5) is 5.69 Å². The summed E-state index contributed by atoms with van der Waals surface area (Å²) in [6.07, 6.45) is 2.31. The largest absolute Gasteiger partial charge is 0.363 e. The van der Waals surface area contributed by atoms with Crippen molar-refractivity contribution in [3.8, 4) is 0 Å². The summed E-state index contributed by atoms with van der Waals surface area (Å²) in [7, 11) is 0. The maximum Gasteiger partial charge on any atom is 0.0675 e. The third-order valence-electron chi connectivity index (χ3n) is 4.07. The van der Waals surface area contributed by atoms with E-state index in [0.29, 0.717) is 6.54 Å². The maximum absolute atomic E-state index is 6.10. The minimum atomic E-state index is 0.165. The number of aryl methyl sites for hydroxylation is 1. The molecule has 1 aliphatic rings. The zero-order chi connectivity index (χ0) is 14.8. The van der Waals surface area contributed by atoms with Gasteiger partial charge in [0, 0.05) is 28.3 Å². The first-order valence-corrected chi connectivity index (χ1v) is 8.37. The van der Waals surface area contributed by atoms with E-state index in [9.17, 15) is 0 Å². The van der Waals surface area contributed by atoms with E-state index in [1.165, 1.54) is 23.2 Å². The third kappa shape index (κ3) is 2.96. The van der Waals surface area contributed by atoms with Crippen LogP contribution in [0.3, 0.4) is 0 Å². The highest BCUT2D eigenvalue weighted by atomic mass is 79.9. The van der Waals surface area contributed by atoms with Crippen LogP contribution >= 0.6 is 27.5 Å². The lowest BCUT2D eigenvalue weighted by Gasteiger charge is -2.38. The number of para-hydroxylation sites is 1. The van der Waals surface area contributed by atoms with Gasteiger partial charge in [-0.1, -0.05) is 51.8 Å². The second kappa shape index (κ2) is 6.39. The van der Waals surface area contributed by atoms with Gasteiger partial charge in [-0.2, -0.15) is 0 Å². The van der Waals surface area contributed by atoms with Crippen molar-refractivity contribution in [2.75, 3.05) is 18.0 Å². The minimum Gasteiger partial charge on any atom is -0.363 e. The monoisotopic (exact) mass is 364 g/mol. The Labute approximate surface area is 139 Å². The van der Waals surface area contributed by atoms with Gasteiger partial charge in [-0.3, -0.25) is 0 Å². The Morgan fingerprint density at radius 3 is 2.81 bits per heavy atom. The van der Waals surface area contributed by atoms with Gasteiger partial charge in [0.15, 0.2) is 0 Å². The number of nitrogens with zero attached hydrogens (tertiary/aromatic N) is 1. The van der Waals surface area contributed by atoms with E-state index in [2.05, 4.69) is 51.2 Å². The number of fused-ring (bicyclic) bond motifs is 1. The fraction of sp³-hybridized carbons (Fsp3) is 0.294. The van der Waals surface area contributed by atoms with Crippen molar-refractivity contribution in [3.05, 3.63) is 63.1 Å². The molecule has 1 aliphatic heterocycles. The SMILES string of the molecule is NCC(c1ccc(Cl)cc1Br)N1CCCc2ccccc21. The van der Waals surface area contributed by atoms with Crippen molar-refractivity contribution >= 4 is 33.2 Å². The molecule has 0 aromatic heterocycles. The number of halogens is 2. The summed E-state index contributed by atoms with van der Waals surface area (Å²) < 4.78 is 1.02. The van der Waals surface area contributed by atoms with Crippen LogP contribution in [0.5, 0.6) is 0 Å². The van der Waals surface area contributed by atoms with E-state index in [1.54, 1.807) is 0 Å². The van der Waals surface area contributed by atoms with Crippen molar-refractivity contribution in [2.24, 2.45) is 5.73 Å². The first-order chi connectivity index (χ1) is 10.2. The Balaban J connectivity index is 2.01. The summed E-state index contributed by atoms with van der Waals surface area (Å²) in [5.74, 6) is 0. The summed E-state index contributed by atoms with van der Waals surface area (Å²) >= 11 is 9.69. The van der Waals surface area contributed by atoms with Gasteiger partial charge >= 0.3 is 0 Å². The van der Waals surface area contributed by atoms with Crippen LogP contribution in [-0.4, -0.2) is 13.1 Å². The summed E-state index contributed by atoms with van der Waals surface area (Å²) in [4.78, 5) is 2.42. The van der Waals surface area contributed by atoms with E-state index >= 15 is 0 Å². The second-order valence-corrected chi connectivity index (χ2v) is 6.63. The summed E-state index contributed by atoms with van der Waals surface area (Å²) in [6, 6.07) is 14.7. The number of benzene rings is 2. The van der Waals surface area contributed by atoms with Gasteiger partial charge in [0.05, 0.1) is 6.04 Å². The molecule has 3 rings (SSSR count). The molecule has 0 saturated heterocycles. The average Bonchev–Trinajstić information content (AvgIpc) is 2.50. The number of anilines is 1. The van der Waals surface area contributed by atoms with E-state index < -0.39 is 0 Å². The van der Waals surface area contributed by atoms with E-state index in [0.717, 1.165) is 22.5 Å². The molecule has 2 aromatic rings. The highest BCUT2D eigenvalue weighted by Gasteiger charge is 2.25. The van der Waals surface area contributed by atoms with Crippen molar-refractivity contribution in [1.29, 1.82) is 0 Å². The molecule has 21 heavy (non-hydrogen) atoms. The number of rotatable bonds is 3. The Bertz CT molecular complexity index is 644.